The van der Waals surface area contributed by atoms with E-state index in [-0.39, 0.29) is 22.9 Å². The number of benzene rings is 1. The van der Waals surface area contributed by atoms with E-state index in [9.17, 15) is 9.59 Å². The number of carbonyl (C=O) groups is 2. The molecule has 0 spiro atoms. The van der Waals surface area contributed by atoms with E-state index < -0.39 is 6.04 Å². The molecule has 26 heavy (non-hydrogen) atoms. The van der Waals surface area contributed by atoms with Crippen molar-refractivity contribution in [2.24, 2.45) is 5.92 Å². The van der Waals surface area contributed by atoms with Crippen molar-refractivity contribution in [1.82, 2.24) is 10.6 Å². The molecule has 4 nitrogen and oxygen atoms in total. The Morgan fingerprint density at radius 2 is 2.00 bits per heavy atom. The van der Waals surface area contributed by atoms with E-state index in [0.29, 0.717) is 22.9 Å². The lowest BCUT2D eigenvalue weighted by atomic mass is 9.86. The lowest BCUT2D eigenvalue weighted by Crippen LogP contribution is -2.51. The van der Waals surface area contributed by atoms with E-state index in [1.165, 1.54) is 12.5 Å². The Balaban J connectivity index is 2.05. The first-order chi connectivity index (χ1) is 12.4. The molecule has 3 unspecified atom stereocenters. The SMILES string of the molecule is CSCCC(NC(=O)c1ccc(Cl)cc1Cl)C(=O)NC1CCCCC1C. The summed E-state index contributed by atoms with van der Waals surface area (Å²) in [5.41, 5.74) is 0.323. The predicted molar refractivity (Wildman–Crippen MR) is 110 cm³/mol. The summed E-state index contributed by atoms with van der Waals surface area (Å²) in [4.78, 5) is 25.4. The van der Waals surface area contributed by atoms with Gasteiger partial charge in [-0.1, -0.05) is 43.0 Å². The van der Waals surface area contributed by atoms with Crippen LogP contribution in [-0.4, -0.2) is 35.9 Å². The standard InChI is InChI=1S/C19H26Cl2N2O2S/c1-12-5-3-4-6-16(12)22-19(25)17(9-10-26-2)23-18(24)14-8-7-13(20)11-15(14)21/h7-8,11-12,16-17H,3-6,9-10H2,1-2H3,(H,22,25)(H,23,24). The van der Waals surface area contributed by atoms with E-state index in [0.717, 1.165) is 25.0 Å². The van der Waals surface area contributed by atoms with Crippen molar-refractivity contribution in [3.05, 3.63) is 33.8 Å². The van der Waals surface area contributed by atoms with E-state index in [2.05, 4.69) is 17.6 Å². The molecule has 3 atom stereocenters. The van der Waals surface area contributed by atoms with Crippen molar-refractivity contribution < 1.29 is 9.59 Å². The molecule has 2 N–H and O–H groups in total. The summed E-state index contributed by atoms with van der Waals surface area (Å²) >= 11 is 13.6. The Morgan fingerprint density at radius 1 is 1.27 bits per heavy atom. The predicted octanol–water partition coefficient (Wildman–Crippen LogP) is 4.54. The van der Waals surface area contributed by atoms with Gasteiger partial charge in [0.1, 0.15) is 6.04 Å². The second-order valence-corrected chi connectivity index (χ2v) is 8.64. The maximum Gasteiger partial charge on any atom is 0.253 e. The summed E-state index contributed by atoms with van der Waals surface area (Å²) in [5.74, 6) is 0.781. The van der Waals surface area contributed by atoms with Crippen molar-refractivity contribution in [2.45, 2.75) is 51.1 Å². The minimum atomic E-state index is -0.573. The van der Waals surface area contributed by atoms with E-state index in [1.54, 1.807) is 23.9 Å². The molecular weight excluding hydrogens is 391 g/mol. The summed E-state index contributed by atoms with van der Waals surface area (Å²) < 4.78 is 0. The third-order valence-corrected chi connectivity index (χ3v) is 6.04. The molecule has 2 amide bonds. The Bertz CT molecular complexity index is 642. The normalized spacial score (nSPS) is 21.1. The molecule has 0 heterocycles. The minimum absolute atomic E-state index is 0.115. The monoisotopic (exact) mass is 416 g/mol. The smallest absolute Gasteiger partial charge is 0.253 e. The number of carbonyl (C=O) groups excluding carboxylic acids is 2. The van der Waals surface area contributed by atoms with Crippen molar-refractivity contribution >= 4 is 46.8 Å². The highest BCUT2D eigenvalue weighted by Gasteiger charge is 2.27. The second kappa shape index (κ2) is 10.4. The zero-order chi connectivity index (χ0) is 19.1. The molecule has 1 aromatic rings. The van der Waals surface area contributed by atoms with Gasteiger partial charge in [-0.25, -0.2) is 0 Å². The van der Waals surface area contributed by atoms with Gasteiger partial charge in [-0.3, -0.25) is 9.59 Å². The van der Waals surface area contributed by atoms with Gasteiger partial charge < -0.3 is 10.6 Å². The van der Waals surface area contributed by atoms with Gasteiger partial charge >= 0.3 is 0 Å². The molecule has 0 radical (unpaired) electrons. The van der Waals surface area contributed by atoms with Gasteiger partial charge in [0, 0.05) is 11.1 Å². The number of amides is 2. The van der Waals surface area contributed by atoms with Crippen LogP contribution in [0.2, 0.25) is 10.0 Å². The van der Waals surface area contributed by atoms with Gasteiger partial charge in [0.05, 0.1) is 10.6 Å². The molecule has 1 aliphatic carbocycles. The largest absolute Gasteiger partial charge is 0.351 e. The number of halogens is 2. The summed E-state index contributed by atoms with van der Waals surface area (Å²) in [6.07, 6.45) is 7.04. The fourth-order valence-electron chi connectivity index (χ4n) is 3.23. The van der Waals surface area contributed by atoms with Crippen LogP contribution in [0.1, 0.15) is 49.4 Å². The Hall–Kier alpha value is -0.910. The van der Waals surface area contributed by atoms with Gasteiger partial charge in [-0.05, 0) is 55.4 Å². The molecule has 1 fully saturated rings. The van der Waals surface area contributed by atoms with E-state index >= 15 is 0 Å². The van der Waals surface area contributed by atoms with Crippen LogP contribution in [0.4, 0.5) is 0 Å². The third-order valence-electron chi connectivity index (χ3n) is 4.85. The first-order valence-electron chi connectivity index (χ1n) is 8.97. The Kier molecular flexibility index (Phi) is 8.58. The van der Waals surface area contributed by atoms with Crippen molar-refractivity contribution in [3.8, 4) is 0 Å². The van der Waals surface area contributed by atoms with Crippen LogP contribution in [-0.2, 0) is 4.79 Å². The van der Waals surface area contributed by atoms with Crippen LogP contribution in [0.5, 0.6) is 0 Å². The van der Waals surface area contributed by atoms with Crippen LogP contribution in [0.15, 0.2) is 18.2 Å². The fraction of sp³-hybridized carbons (Fsp3) is 0.579. The topological polar surface area (TPSA) is 58.2 Å². The molecular formula is C19H26Cl2N2O2S. The van der Waals surface area contributed by atoms with Gasteiger partial charge in [0.2, 0.25) is 5.91 Å². The average molecular weight is 417 g/mol. The molecule has 144 valence electrons. The number of hydrogen-bond donors (Lipinski definition) is 2. The number of hydrogen-bond acceptors (Lipinski definition) is 3. The molecule has 1 saturated carbocycles. The maximum absolute atomic E-state index is 12.8. The maximum atomic E-state index is 12.8. The Morgan fingerprint density at radius 3 is 2.65 bits per heavy atom. The van der Waals surface area contributed by atoms with Gasteiger partial charge in [-0.15, -0.1) is 0 Å². The second-order valence-electron chi connectivity index (χ2n) is 6.81. The van der Waals surface area contributed by atoms with Gasteiger partial charge in [-0.2, -0.15) is 11.8 Å². The molecule has 0 saturated heterocycles. The van der Waals surface area contributed by atoms with E-state index in [4.69, 9.17) is 23.2 Å². The van der Waals surface area contributed by atoms with Crippen molar-refractivity contribution in [3.63, 3.8) is 0 Å². The van der Waals surface area contributed by atoms with Gasteiger partial charge in [0.15, 0.2) is 0 Å². The zero-order valence-corrected chi connectivity index (χ0v) is 17.5. The zero-order valence-electron chi connectivity index (χ0n) is 15.2. The van der Waals surface area contributed by atoms with Crippen LogP contribution < -0.4 is 10.6 Å². The summed E-state index contributed by atoms with van der Waals surface area (Å²) in [6, 6.07) is 4.33. The molecule has 0 bridgehead atoms. The number of thioether (sulfide) groups is 1. The van der Waals surface area contributed by atoms with E-state index in [1.807, 2.05) is 6.26 Å². The Labute approximate surface area is 169 Å². The third kappa shape index (κ3) is 6.07. The lowest BCUT2D eigenvalue weighted by Gasteiger charge is -2.31. The van der Waals surface area contributed by atoms with Crippen LogP contribution in [0, 0.1) is 5.92 Å². The highest BCUT2D eigenvalue weighted by atomic mass is 35.5. The van der Waals surface area contributed by atoms with Crippen LogP contribution in [0.25, 0.3) is 0 Å². The summed E-state index contributed by atoms with van der Waals surface area (Å²) in [5, 5.41) is 6.73. The molecule has 1 aromatic carbocycles. The molecule has 0 aromatic heterocycles. The quantitative estimate of drug-likeness (QED) is 0.685. The molecule has 1 aliphatic rings. The van der Waals surface area contributed by atoms with Gasteiger partial charge in [0.25, 0.3) is 5.91 Å². The van der Waals surface area contributed by atoms with Crippen LogP contribution in [0.3, 0.4) is 0 Å². The van der Waals surface area contributed by atoms with Crippen molar-refractivity contribution in [2.75, 3.05) is 12.0 Å². The molecule has 2 rings (SSSR count). The summed E-state index contributed by atoms with van der Waals surface area (Å²) in [6.45, 7) is 2.17. The first-order valence-corrected chi connectivity index (χ1v) is 11.1. The lowest BCUT2D eigenvalue weighted by molar-refractivity contribution is -0.124. The first kappa shape index (κ1) is 21.4. The molecule has 0 aliphatic heterocycles. The van der Waals surface area contributed by atoms with Crippen molar-refractivity contribution in [1.29, 1.82) is 0 Å². The fourth-order valence-corrected chi connectivity index (χ4v) is 4.19. The highest BCUT2D eigenvalue weighted by molar-refractivity contribution is 7.98. The average Bonchev–Trinajstić information content (AvgIpc) is 2.60. The minimum Gasteiger partial charge on any atom is -0.351 e. The molecule has 7 heteroatoms. The number of nitrogens with one attached hydrogen (secondary N) is 2. The number of rotatable bonds is 7. The summed E-state index contributed by atoms with van der Waals surface area (Å²) in [7, 11) is 0. The highest BCUT2D eigenvalue weighted by Crippen LogP contribution is 2.24. The van der Waals surface area contributed by atoms with Crippen LogP contribution >= 0.6 is 35.0 Å².